The number of hydrogen-bond donors (Lipinski definition) is 4. The van der Waals surface area contributed by atoms with Crippen molar-refractivity contribution in [1.82, 2.24) is 4.98 Å². The Hall–Kier alpha value is -8.26. The Bertz CT molecular complexity index is 3950. The highest BCUT2D eigenvalue weighted by Gasteiger charge is 2.26. The molecule has 11 aromatic carbocycles. The fraction of sp³-hybridized carbons (Fsp3) is 0.0597. The van der Waals surface area contributed by atoms with Crippen molar-refractivity contribution in [2.45, 2.75) is 26.4 Å². The maximum atomic E-state index is 12.2. The Balaban J connectivity index is 0.000000185. The van der Waals surface area contributed by atoms with Crippen molar-refractivity contribution in [2.24, 2.45) is 0 Å². The van der Waals surface area contributed by atoms with Gasteiger partial charge >= 0.3 is 0 Å². The third-order valence-corrected chi connectivity index (χ3v) is 16.3. The molecule has 0 saturated heterocycles. The summed E-state index contributed by atoms with van der Waals surface area (Å²) in [6, 6.07) is 77.2. The number of aromatic nitrogens is 1. The van der Waals surface area contributed by atoms with E-state index in [1.54, 1.807) is 18.3 Å². The first kappa shape index (κ1) is 52.6. The predicted molar refractivity (Wildman–Crippen MR) is 331 cm³/mol. The number of aromatic hydroxyl groups is 4. The Morgan fingerprint density at radius 3 is 1.38 bits per heavy atom. The largest absolute Gasteiger partial charge is 0.507 e. The Kier molecular flexibility index (Phi) is 16.0. The van der Waals surface area contributed by atoms with Gasteiger partial charge in [-0.15, -0.1) is 0 Å². The summed E-state index contributed by atoms with van der Waals surface area (Å²) in [5.74, 6) is 0.651. The van der Waals surface area contributed by atoms with Crippen molar-refractivity contribution in [1.29, 1.82) is 0 Å². The molecule has 0 bridgehead atoms. The van der Waals surface area contributed by atoms with E-state index in [9.17, 15) is 20.4 Å². The standard InChI is InChI=1S/C38H27O2P.C29H26N2O2.2H2S/c39-34-24-23-26-13-7-9-19-30(26)36(34)37-31-20-10-8-14-27(31)25-33(38(37)40)32-21-11-12-22-35(32)41(28-15-3-1-4-16-28)29-17-5-2-6-18-29;1-19(2)31(23-10-7-15-30-17-23)18-22-16-21-9-4-6-12-25(21)28(29(22)33)27-24-11-5-3-8-20(24)13-14-26(27)32;;/h1-25,39-40H;3-17,19,32-33H,18H2,1-2H3;2*1H2. The van der Waals surface area contributed by atoms with Crippen LogP contribution in [0.3, 0.4) is 0 Å². The summed E-state index contributed by atoms with van der Waals surface area (Å²) < 4.78 is 0. The molecule has 76 heavy (non-hydrogen) atoms. The number of fused-ring (bicyclic) bond motifs is 4. The summed E-state index contributed by atoms with van der Waals surface area (Å²) in [6.45, 7) is 4.77. The average molecular weight is 1050 g/mol. The van der Waals surface area contributed by atoms with Gasteiger partial charge in [0.1, 0.15) is 23.0 Å². The van der Waals surface area contributed by atoms with Gasteiger partial charge in [0.05, 0.1) is 11.9 Å². The Morgan fingerprint density at radius 2 is 0.868 bits per heavy atom. The normalized spacial score (nSPS) is 11.1. The van der Waals surface area contributed by atoms with Crippen LogP contribution in [-0.4, -0.2) is 31.5 Å². The summed E-state index contributed by atoms with van der Waals surface area (Å²) in [6.07, 6.45) is 3.60. The predicted octanol–water partition coefficient (Wildman–Crippen LogP) is 15.6. The van der Waals surface area contributed by atoms with E-state index in [0.717, 1.165) is 65.5 Å². The van der Waals surface area contributed by atoms with Gasteiger partial charge in [-0.3, -0.25) is 4.98 Å². The van der Waals surface area contributed by atoms with Crippen LogP contribution >= 0.6 is 34.9 Å². The number of pyridine rings is 1. The van der Waals surface area contributed by atoms with Crippen LogP contribution < -0.4 is 20.8 Å². The lowest BCUT2D eigenvalue weighted by molar-refractivity contribution is 0.464. The maximum Gasteiger partial charge on any atom is 0.132 e. The number of rotatable bonds is 10. The van der Waals surface area contributed by atoms with Gasteiger partial charge in [-0.1, -0.05) is 194 Å². The second-order valence-electron chi connectivity index (χ2n) is 18.7. The summed E-state index contributed by atoms with van der Waals surface area (Å²) >= 11 is 0. The van der Waals surface area contributed by atoms with Crippen LogP contribution in [0.2, 0.25) is 0 Å². The van der Waals surface area contributed by atoms with Gasteiger partial charge in [-0.05, 0) is 123 Å². The van der Waals surface area contributed by atoms with Gasteiger partial charge in [-0.2, -0.15) is 27.0 Å². The first-order valence-electron chi connectivity index (χ1n) is 24.8. The quantitative estimate of drug-likeness (QED) is 0.102. The molecule has 0 saturated carbocycles. The SMILES string of the molecule is CC(C)N(Cc1cc2ccccc2c(-c2c(O)ccc3ccccc23)c1O)c1cccnc1.Oc1ccc2ccccc2c1-c1c(O)c(-c2ccccc2P(c2ccccc2)c2ccccc2)cc2ccccc12.S.S. The number of benzene rings is 11. The number of phenolic OH excluding ortho intramolecular Hbond substituents is 4. The number of phenols is 4. The van der Waals surface area contributed by atoms with Crippen LogP contribution in [0.4, 0.5) is 5.69 Å². The third-order valence-electron chi connectivity index (χ3n) is 13.8. The lowest BCUT2D eigenvalue weighted by Crippen LogP contribution is -2.30. The lowest BCUT2D eigenvalue weighted by atomic mass is 9.89. The molecule has 0 aliphatic carbocycles. The molecule has 0 fully saturated rings. The molecule has 0 amide bonds. The van der Waals surface area contributed by atoms with E-state index in [1.165, 1.54) is 15.9 Å². The zero-order chi connectivity index (χ0) is 50.7. The molecular weight excluding hydrogens is 992 g/mol. The van der Waals surface area contributed by atoms with Crippen LogP contribution in [0.1, 0.15) is 19.4 Å². The zero-order valence-electron chi connectivity index (χ0n) is 42.0. The van der Waals surface area contributed by atoms with E-state index in [1.807, 2.05) is 146 Å². The number of anilines is 1. The molecule has 376 valence electrons. The van der Waals surface area contributed by atoms with Crippen molar-refractivity contribution in [3.63, 3.8) is 0 Å². The van der Waals surface area contributed by atoms with Gasteiger partial charge in [0.2, 0.25) is 0 Å². The summed E-state index contributed by atoms with van der Waals surface area (Å²) in [5.41, 5.74) is 6.13. The molecule has 6 nitrogen and oxygen atoms in total. The smallest absolute Gasteiger partial charge is 0.132 e. The van der Waals surface area contributed by atoms with Gasteiger partial charge in [0.15, 0.2) is 0 Å². The summed E-state index contributed by atoms with van der Waals surface area (Å²) in [5, 5.41) is 57.4. The Labute approximate surface area is 458 Å². The second kappa shape index (κ2) is 23.1. The van der Waals surface area contributed by atoms with Crippen LogP contribution in [-0.2, 0) is 6.54 Å². The van der Waals surface area contributed by atoms with E-state index in [0.29, 0.717) is 28.8 Å². The summed E-state index contributed by atoms with van der Waals surface area (Å²) in [7, 11) is -0.905. The van der Waals surface area contributed by atoms with E-state index in [4.69, 9.17) is 0 Å². The first-order chi connectivity index (χ1) is 36.2. The van der Waals surface area contributed by atoms with Crippen LogP contribution in [0.25, 0.3) is 76.5 Å². The highest BCUT2D eigenvalue weighted by molar-refractivity contribution is 7.80. The summed E-state index contributed by atoms with van der Waals surface area (Å²) in [4.78, 5) is 6.49. The zero-order valence-corrected chi connectivity index (χ0v) is 44.9. The second-order valence-corrected chi connectivity index (χ2v) is 20.9. The fourth-order valence-corrected chi connectivity index (χ4v) is 12.8. The highest BCUT2D eigenvalue weighted by Crippen LogP contribution is 2.50. The minimum Gasteiger partial charge on any atom is -0.507 e. The van der Waals surface area contributed by atoms with Gasteiger partial charge in [0, 0.05) is 52.2 Å². The van der Waals surface area contributed by atoms with Gasteiger partial charge < -0.3 is 25.3 Å². The van der Waals surface area contributed by atoms with Crippen molar-refractivity contribution in [3.05, 3.63) is 248 Å². The molecule has 0 atom stereocenters. The minimum absolute atomic E-state index is 0. The van der Waals surface area contributed by atoms with Gasteiger partial charge in [-0.25, -0.2) is 0 Å². The van der Waals surface area contributed by atoms with E-state index in [2.05, 4.69) is 103 Å². The van der Waals surface area contributed by atoms with Gasteiger partial charge in [0.25, 0.3) is 0 Å². The number of hydrogen-bond acceptors (Lipinski definition) is 6. The molecule has 12 rings (SSSR count). The van der Waals surface area contributed by atoms with Crippen LogP contribution in [0.15, 0.2) is 243 Å². The molecule has 0 unspecified atom stereocenters. The van der Waals surface area contributed by atoms with E-state index >= 15 is 0 Å². The maximum absolute atomic E-state index is 12.2. The topological polar surface area (TPSA) is 97.1 Å². The number of nitrogens with zero attached hydrogens (tertiary/aromatic N) is 2. The van der Waals surface area contributed by atoms with E-state index < -0.39 is 7.92 Å². The molecule has 9 heteroatoms. The fourth-order valence-electron chi connectivity index (χ4n) is 10.4. The molecule has 0 aliphatic heterocycles. The average Bonchev–Trinajstić information content (AvgIpc) is 3.44. The molecule has 1 heterocycles. The van der Waals surface area contributed by atoms with Crippen molar-refractivity contribution in [3.8, 4) is 56.4 Å². The molecule has 4 N–H and O–H groups in total. The molecule has 0 aliphatic rings. The van der Waals surface area contributed by atoms with Crippen molar-refractivity contribution < 1.29 is 20.4 Å². The molecular formula is C67H57N2O4PS2. The monoisotopic (exact) mass is 1050 g/mol. The highest BCUT2D eigenvalue weighted by atomic mass is 32.1. The van der Waals surface area contributed by atoms with Crippen molar-refractivity contribution in [2.75, 3.05) is 4.90 Å². The minimum atomic E-state index is -0.905. The third kappa shape index (κ3) is 10.2. The molecule has 1 aromatic heterocycles. The molecule has 0 spiro atoms. The van der Waals surface area contributed by atoms with Crippen LogP contribution in [0.5, 0.6) is 23.0 Å². The molecule has 12 aromatic rings. The van der Waals surface area contributed by atoms with Crippen LogP contribution in [0, 0.1) is 0 Å². The molecule has 0 radical (unpaired) electrons. The van der Waals surface area contributed by atoms with E-state index in [-0.39, 0.29) is 56.0 Å². The lowest BCUT2D eigenvalue weighted by Gasteiger charge is -2.29. The van der Waals surface area contributed by atoms with Crippen molar-refractivity contribution >= 4 is 99.6 Å². The Morgan fingerprint density at radius 1 is 0.421 bits per heavy atom. The first-order valence-corrected chi connectivity index (χ1v) is 26.2.